The fourth-order valence-corrected chi connectivity index (χ4v) is 2.07. The number of hydrogen-bond donors (Lipinski definition) is 1. The van der Waals surface area contributed by atoms with E-state index in [1.165, 1.54) is 12.1 Å². The molecule has 4 nitrogen and oxygen atoms in total. The first kappa shape index (κ1) is 12.0. The largest absolute Gasteiger partial charge is 0.366 e. The summed E-state index contributed by atoms with van der Waals surface area (Å²) < 4.78 is 22.2. The average Bonchev–Trinajstić information content (AvgIpc) is 2.06. The highest BCUT2D eigenvalue weighted by molar-refractivity contribution is 8.13. The lowest BCUT2D eigenvalue weighted by atomic mass is 10.0. The van der Waals surface area contributed by atoms with Gasteiger partial charge in [0, 0.05) is 16.2 Å². The molecule has 0 aliphatic carbocycles. The van der Waals surface area contributed by atoms with Gasteiger partial charge in [-0.05, 0) is 37.1 Å². The summed E-state index contributed by atoms with van der Waals surface area (Å²) in [5, 5.41) is 0. The lowest BCUT2D eigenvalue weighted by Gasteiger charge is -2.07. The summed E-state index contributed by atoms with van der Waals surface area (Å²) in [6.45, 7) is 3.38. The molecule has 0 spiro atoms. The maximum atomic E-state index is 11.1. The summed E-state index contributed by atoms with van der Waals surface area (Å²) in [6, 6.07) is 2.59. The summed E-state index contributed by atoms with van der Waals surface area (Å²) >= 11 is 0. The van der Waals surface area contributed by atoms with E-state index in [-0.39, 0.29) is 10.5 Å². The average molecular weight is 248 g/mol. The highest BCUT2D eigenvalue weighted by atomic mass is 35.7. The van der Waals surface area contributed by atoms with E-state index < -0.39 is 15.0 Å². The Morgan fingerprint density at radius 1 is 1.33 bits per heavy atom. The lowest BCUT2D eigenvalue weighted by Crippen LogP contribution is -2.14. The standard InChI is InChI=1S/C9H10ClNO3S/c1-5-3-7(15(10,13)14)4-8(6(5)2)9(11)12/h3-4H,1-2H3,(H2,11,12). The predicted octanol–water partition coefficient (Wildman–Crippen LogP) is 1.33. The van der Waals surface area contributed by atoms with Gasteiger partial charge in [0.1, 0.15) is 0 Å². The molecule has 6 heteroatoms. The zero-order valence-corrected chi connectivity index (χ0v) is 9.82. The summed E-state index contributed by atoms with van der Waals surface area (Å²) in [4.78, 5) is 10.9. The normalized spacial score (nSPS) is 11.4. The fraction of sp³-hybridized carbons (Fsp3) is 0.222. The third-order valence-corrected chi connectivity index (χ3v) is 3.52. The smallest absolute Gasteiger partial charge is 0.261 e. The Kier molecular flexibility index (Phi) is 3.06. The highest BCUT2D eigenvalue weighted by Crippen LogP contribution is 2.22. The topological polar surface area (TPSA) is 77.2 Å². The van der Waals surface area contributed by atoms with Crippen molar-refractivity contribution < 1.29 is 13.2 Å². The molecule has 1 rings (SSSR count). The first-order valence-electron chi connectivity index (χ1n) is 4.09. The molecular formula is C9H10ClNO3S. The molecule has 2 N–H and O–H groups in total. The van der Waals surface area contributed by atoms with Crippen LogP contribution < -0.4 is 5.73 Å². The molecule has 0 unspecified atom stereocenters. The molecule has 82 valence electrons. The fourth-order valence-electron chi connectivity index (χ4n) is 1.22. The van der Waals surface area contributed by atoms with E-state index >= 15 is 0 Å². The van der Waals surface area contributed by atoms with E-state index in [4.69, 9.17) is 16.4 Å². The first-order chi connectivity index (χ1) is 6.73. The lowest BCUT2D eigenvalue weighted by molar-refractivity contribution is 0.0999. The minimum absolute atomic E-state index is 0.110. The van der Waals surface area contributed by atoms with Crippen molar-refractivity contribution in [2.24, 2.45) is 5.73 Å². The molecule has 0 aliphatic rings. The molecule has 0 heterocycles. The maximum Gasteiger partial charge on any atom is 0.261 e. The van der Waals surface area contributed by atoms with Gasteiger partial charge >= 0.3 is 0 Å². The minimum atomic E-state index is -3.83. The molecule has 0 atom stereocenters. The molecule has 15 heavy (non-hydrogen) atoms. The van der Waals surface area contributed by atoms with E-state index in [1.807, 2.05) is 0 Å². The van der Waals surface area contributed by atoms with Crippen molar-refractivity contribution >= 4 is 25.6 Å². The van der Waals surface area contributed by atoms with Gasteiger partial charge in [-0.3, -0.25) is 4.79 Å². The van der Waals surface area contributed by atoms with Crippen LogP contribution in [-0.2, 0) is 9.05 Å². The molecule has 0 aromatic heterocycles. The molecule has 1 aromatic rings. The van der Waals surface area contributed by atoms with Crippen LogP contribution in [0.5, 0.6) is 0 Å². The third-order valence-electron chi connectivity index (χ3n) is 2.19. The van der Waals surface area contributed by atoms with Gasteiger partial charge < -0.3 is 5.73 Å². The number of carbonyl (C=O) groups excluding carboxylic acids is 1. The van der Waals surface area contributed by atoms with Gasteiger partial charge in [-0.2, -0.15) is 0 Å². The summed E-state index contributed by atoms with van der Waals surface area (Å²) in [7, 11) is 1.35. The Morgan fingerprint density at radius 2 is 1.87 bits per heavy atom. The van der Waals surface area contributed by atoms with Gasteiger partial charge in [-0.15, -0.1) is 0 Å². The molecule has 0 fully saturated rings. The molecule has 1 aromatic carbocycles. The van der Waals surface area contributed by atoms with Crippen molar-refractivity contribution in [2.75, 3.05) is 0 Å². The zero-order valence-electron chi connectivity index (χ0n) is 8.24. The van der Waals surface area contributed by atoms with Crippen molar-refractivity contribution in [1.82, 2.24) is 0 Å². The van der Waals surface area contributed by atoms with Crippen LogP contribution in [0.4, 0.5) is 0 Å². The van der Waals surface area contributed by atoms with Crippen LogP contribution in [0, 0.1) is 13.8 Å². The summed E-state index contributed by atoms with van der Waals surface area (Å²) in [5.74, 6) is -0.669. The van der Waals surface area contributed by atoms with Crippen molar-refractivity contribution in [3.8, 4) is 0 Å². The second-order valence-corrected chi connectivity index (χ2v) is 5.78. The quantitative estimate of drug-likeness (QED) is 0.801. The van der Waals surface area contributed by atoms with Crippen LogP contribution in [-0.4, -0.2) is 14.3 Å². The molecule has 0 aliphatic heterocycles. The number of benzene rings is 1. The predicted molar refractivity (Wildman–Crippen MR) is 57.5 cm³/mol. The third kappa shape index (κ3) is 2.49. The van der Waals surface area contributed by atoms with E-state index in [2.05, 4.69) is 0 Å². The number of carbonyl (C=O) groups is 1. The number of aryl methyl sites for hydroxylation is 1. The molecular weight excluding hydrogens is 238 g/mol. The zero-order chi connectivity index (χ0) is 11.8. The number of nitrogens with two attached hydrogens (primary N) is 1. The minimum Gasteiger partial charge on any atom is -0.366 e. The van der Waals surface area contributed by atoms with Crippen LogP contribution >= 0.6 is 10.7 Å². The van der Waals surface area contributed by atoms with Crippen LogP contribution in [0.25, 0.3) is 0 Å². The second kappa shape index (κ2) is 3.83. The second-order valence-electron chi connectivity index (χ2n) is 3.21. The monoisotopic (exact) mass is 247 g/mol. The Balaban J connectivity index is 3.57. The van der Waals surface area contributed by atoms with Crippen molar-refractivity contribution in [2.45, 2.75) is 18.7 Å². The number of primary amides is 1. The van der Waals surface area contributed by atoms with Crippen molar-refractivity contribution in [1.29, 1.82) is 0 Å². The Morgan fingerprint density at radius 3 is 2.27 bits per heavy atom. The van der Waals surface area contributed by atoms with Crippen LogP contribution in [0.15, 0.2) is 17.0 Å². The van der Waals surface area contributed by atoms with E-state index in [1.54, 1.807) is 13.8 Å². The van der Waals surface area contributed by atoms with Crippen LogP contribution in [0.2, 0.25) is 0 Å². The Hall–Kier alpha value is -1.07. The summed E-state index contributed by atoms with van der Waals surface area (Å²) in [6.07, 6.45) is 0. The highest BCUT2D eigenvalue weighted by Gasteiger charge is 2.16. The van der Waals surface area contributed by atoms with Gasteiger partial charge in [-0.25, -0.2) is 8.42 Å². The molecule has 0 saturated heterocycles. The first-order valence-corrected chi connectivity index (χ1v) is 6.40. The molecule has 0 bridgehead atoms. The summed E-state index contributed by atoms with van der Waals surface area (Å²) in [5.41, 5.74) is 6.61. The molecule has 0 saturated carbocycles. The van der Waals surface area contributed by atoms with Gasteiger partial charge in [0.05, 0.1) is 4.90 Å². The number of halogens is 1. The van der Waals surface area contributed by atoms with Gasteiger partial charge in [0.15, 0.2) is 0 Å². The molecule has 0 radical (unpaired) electrons. The van der Waals surface area contributed by atoms with E-state index in [9.17, 15) is 13.2 Å². The van der Waals surface area contributed by atoms with Gasteiger partial charge in [-0.1, -0.05) is 0 Å². The Labute approximate surface area is 92.5 Å². The van der Waals surface area contributed by atoms with E-state index in [0.29, 0.717) is 11.1 Å². The number of hydrogen-bond acceptors (Lipinski definition) is 3. The van der Waals surface area contributed by atoms with Crippen molar-refractivity contribution in [3.05, 3.63) is 28.8 Å². The van der Waals surface area contributed by atoms with Crippen molar-refractivity contribution in [3.63, 3.8) is 0 Å². The molecule has 1 amide bonds. The van der Waals surface area contributed by atoms with E-state index in [0.717, 1.165) is 0 Å². The number of amides is 1. The van der Waals surface area contributed by atoms with Crippen LogP contribution in [0.3, 0.4) is 0 Å². The SMILES string of the molecule is Cc1cc(S(=O)(=O)Cl)cc(C(N)=O)c1C. The van der Waals surface area contributed by atoms with Gasteiger partial charge in [0.25, 0.3) is 9.05 Å². The number of rotatable bonds is 2. The van der Waals surface area contributed by atoms with Crippen LogP contribution in [0.1, 0.15) is 21.5 Å². The Bertz CT molecular complexity index is 522. The van der Waals surface area contributed by atoms with Gasteiger partial charge in [0.2, 0.25) is 5.91 Å². The maximum absolute atomic E-state index is 11.1.